The monoisotopic (exact) mass is 275 g/mol. The molecule has 0 radical (unpaired) electrons. The fourth-order valence-corrected chi connectivity index (χ4v) is 3.81. The Labute approximate surface area is 112 Å². The van der Waals surface area contributed by atoms with E-state index < -0.39 is 9.84 Å². The Morgan fingerprint density at radius 1 is 1.28 bits per heavy atom. The van der Waals surface area contributed by atoms with Crippen molar-refractivity contribution in [2.45, 2.75) is 70.3 Å². The molecule has 0 aliphatic heterocycles. The zero-order chi connectivity index (χ0) is 13.6. The van der Waals surface area contributed by atoms with Gasteiger partial charge in [0.25, 0.3) is 0 Å². The first-order valence-corrected chi connectivity index (χ1v) is 9.37. The van der Waals surface area contributed by atoms with Crippen LogP contribution in [0.3, 0.4) is 0 Å². The van der Waals surface area contributed by atoms with Crippen LogP contribution in [0.2, 0.25) is 0 Å². The zero-order valence-electron chi connectivity index (χ0n) is 12.0. The van der Waals surface area contributed by atoms with Gasteiger partial charge < -0.3 is 5.73 Å². The first kappa shape index (κ1) is 16.0. The van der Waals surface area contributed by atoms with E-state index in [9.17, 15) is 8.42 Å². The van der Waals surface area contributed by atoms with Crippen LogP contribution in [0, 0.1) is 5.92 Å². The molecule has 1 saturated carbocycles. The molecule has 2 atom stereocenters. The highest BCUT2D eigenvalue weighted by molar-refractivity contribution is 7.90. The van der Waals surface area contributed by atoms with Crippen molar-refractivity contribution in [3.8, 4) is 0 Å². The Hall–Kier alpha value is -0.0900. The van der Waals surface area contributed by atoms with Crippen LogP contribution >= 0.6 is 0 Å². The van der Waals surface area contributed by atoms with E-state index in [1.807, 2.05) is 0 Å². The van der Waals surface area contributed by atoms with Crippen LogP contribution in [0.1, 0.15) is 64.7 Å². The molecule has 0 bridgehead atoms. The van der Waals surface area contributed by atoms with Gasteiger partial charge in [-0.05, 0) is 38.0 Å². The summed E-state index contributed by atoms with van der Waals surface area (Å²) in [5.74, 6) is 1.12. The van der Waals surface area contributed by atoms with Gasteiger partial charge in [-0.2, -0.15) is 0 Å². The molecule has 0 aromatic heterocycles. The van der Waals surface area contributed by atoms with E-state index in [4.69, 9.17) is 5.73 Å². The third-order valence-electron chi connectivity index (χ3n) is 4.22. The average Bonchev–Trinajstić information content (AvgIpc) is 2.40. The summed E-state index contributed by atoms with van der Waals surface area (Å²) in [6, 6.07) is 0. The summed E-state index contributed by atoms with van der Waals surface area (Å²) < 4.78 is 22.3. The first-order valence-electron chi connectivity index (χ1n) is 7.31. The third kappa shape index (κ3) is 6.19. The van der Waals surface area contributed by atoms with E-state index in [0.717, 1.165) is 25.2 Å². The summed E-state index contributed by atoms with van der Waals surface area (Å²) in [7, 11) is -2.84. The van der Waals surface area contributed by atoms with Crippen LogP contribution in [0.5, 0.6) is 0 Å². The van der Waals surface area contributed by atoms with Crippen molar-refractivity contribution < 1.29 is 8.42 Å². The minimum Gasteiger partial charge on any atom is -0.325 e. The minimum absolute atomic E-state index is 0.104. The maximum Gasteiger partial charge on any atom is 0.147 e. The van der Waals surface area contributed by atoms with Crippen LogP contribution in [0.4, 0.5) is 0 Å². The van der Waals surface area contributed by atoms with Crippen LogP contribution < -0.4 is 5.73 Å². The summed E-state index contributed by atoms with van der Waals surface area (Å²) in [6.45, 7) is 2.24. The second-order valence-corrected chi connectivity index (χ2v) is 8.44. The smallest absolute Gasteiger partial charge is 0.147 e. The highest BCUT2D eigenvalue weighted by Crippen LogP contribution is 2.33. The topological polar surface area (TPSA) is 60.2 Å². The van der Waals surface area contributed by atoms with Gasteiger partial charge in [-0.3, -0.25) is 0 Å². The summed E-state index contributed by atoms with van der Waals surface area (Å²) in [5.41, 5.74) is 6.35. The van der Waals surface area contributed by atoms with Crippen molar-refractivity contribution >= 4 is 9.84 Å². The van der Waals surface area contributed by atoms with Gasteiger partial charge in [0.2, 0.25) is 0 Å². The van der Waals surface area contributed by atoms with Crippen LogP contribution in [0.15, 0.2) is 0 Å². The summed E-state index contributed by atoms with van der Waals surface area (Å²) in [4.78, 5) is 0. The molecule has 1 aliphatic rings. The van der Waals surface area contributed by atoms with Gasteiger partial charge in [0.15, 0.2) is 0 Å². The lowest BCUT2D eigenvalue weighted by atomic mass is 9.86. The van der Waals surface area contributed by atoms with Crippen molar-refractivity contribution in [1.29, 1.82) is 0 Å². The highest BCUT2D eigenvalue weighted by Gasteiger charge is 2.28. The maximum absolute atomic E-state index is 11.1. The highest BCUT2D eigenvalue weighted by atomic mass is 32.2. The molecule has 3 nitrogen and oxygen atoms in total. The normalized spacial score (nSPS) is 30.1. The molecule has 0 heterocycles. The van der Waals surface area contributed by atoms with Gasteiger partial charge in [-0.25, -0.2) is 8.42 Å². The minimum atomic E-state index is -2.84. The molecule has 0 aromatic rings. The lowest BCUT2D eigenvalue weighted by Crippen LogP contribution is -2.39. The number of rotatable bonds is 6. The SMILES string of the molecule is CCCC1CCCC(N)(CCCS(C)(=O)=O)CC1. The van der Waals surface area contributed by atoms with E-state index in [0.29, 0.717) is 6.42 Å². The van der Waals surface area contributed by atoms with Crippen molar-refractivity contribution in [2.75, 3.05) is 12.0 Å². The van der Waals surface area contributed by atoms with E-state index in [2.05, 4.69) is 6.92 Å². The molecule has 0 amide bonds. The van der Waals surface area contributed by atoms with Crippen LogP contribution in [-0.2, 0) is 9.84 Å². The molecule has 18 heavy (non-hydrogen) atoms. The molecular weight excluding hydrogens is 246 g/mol. The second kappa shape index (κ2) is 6.90. The van der Waals surface area contributed by atoms with Crippen molar-refractivity contribution in [1.82, 2.24) is 0 Å². The fraction of sp³-hybridized carbons (Fsp3) is 1.00. The van der Waals surface area contributed by atoms with Crippen molar-refractivity contribution in [3.63, 3.8) is 0 Å². The zero-order valence-corrected chi connectivity index (χ0v) is 12.8. The largest absolute Gasteiger partial charge is 0.325 e. The first-order chi connectivity index (χ1) is 8.35. The predicted octanol–water partition coefficient (Wildman–Crippen LogP) is 2.89. The second-order valence-electron chi connectivity index (χ2n) is 6.18. The molecule has 2 N–H and O–H groups in total. The Morgan fingerprint density at radius 2 is 2.00 bits per heavy atom. The molecule has 1 fully saturated rings. The Kier molecular flexibility index (Phi) is 6.12. The number of hydrogen-bond acceptors (Lipinski definition) is 3. The molecule has 2 unspecified atom stereocenters. The van der Waals surface area contributed by atoms with Crippen LogP contribution in [0.25, 0.3) is 0 Å². The molecule has 0 saturated heterocycles. The van der Waals surface area contributed by atoms with E-state index >= 15 is 0 Å². The predicted molar refractivity (Wildman–Crippen MR) is 77.3 cm³/mol. The quantitative estimate of drug-likeness (QED) is 0.758. The molecular formula is C14H29NO2S. The number of sulfone groups is 1. The van der Waals surface area contributed by atoms with Crippen molar-refractivity contribution in [3.05, 3.63) is 0 Å². The summed E-state index contributed by atoms with van der Waals surface area (Å²) in [5, 5.41) is 0. The fourth-order valence-electron chi connectivity index (χ4n) is 3.14. The summed E-state index contributed by atoms with van der Waals surface area (Å²) in [6.07, 6.45) is 11.3. The van der Waals surface area contributed by atoms with Gasteiger partial charge in [-0.1, -0.05) is 32.6 Å². The standard InChI is InChI=1S/C14H29NO2S/c1-3-6-13-7-4-9-14(15,11-8-13)10-5-12-18(2,16)17/h13H,3-12,15H2,1-2H3. The van der Waals surface area contributed by atoms with Gasteiger partial charge in [0.1, 0.15) is 9.84 Å². The van der Waals surface area contributed by atoms with Gasteiger partial charge in [0.05, 0.1) is 0 Å². The van der Waals surface area contributed by atoms with Gasteiger partial charge >= 0.3 is 0 Å². The molecule has 0 aromatic carbocycles. The lowest BCUT2D eigenvalue weighted by molar-refractivity contribution is 0.333. The van der Waals surface area contributed by atoms with Crippen LogP contribution in [-0.4, -0.2) is 26.0 Å². The third-order valence-corrected chi connectivity index (χ3v) is 5.25. The Balaban J connectivity index is 2.39. The average molecular weight is 275 g/mol. The van der Waals surface area contributed by atoms with Gasteiger partial charge in [0, 0.05) is 17.5 Å². The van der Waals surface area contributed by atoms with E-state index in [1.165, 1.54) is 38.4 Å². The molecule has 4 heteroatoms. The number of hydrogen-bond donors (Lipinski definition) is 1. The van der Waals surface area contributed by atoms with Gasteiger partial charge in [-0.15, -0.1) is 0 Å². The molecule has 1 aliphatic carbocycles. The summed E-state index contributed by atoms with van der Waals surface area (Å²) >= 11 is 0. The van der Waals surface area contributed by atoms with E-state index in [1.54, 1.807) is 0 Å². The lowest BCUT2D eigenvalue weighted by Gasteiger charge is -2.28. The van der Waals surface area contributed by atoms with Crippen molar-refractivity contribution in [2.24, 2.45) is 11.7 Å². The Bertz CT molecular complexity index is 340. The van der Waals surface area contributed by atoms with E-state index in [-0.39, 0.29) is 11.3 Å². The Morgan fingerprint density at radius 3 is 2.61 bits per heavy atom. The molecule has 1 rings (SSSR count). The number of nitrogens with two attached hydrogens (primary N) is 1. The molecule has 108 valence electrons. The molecule has 0 spiro atoms. The maximum atomic E-state index is 11.1.